The monoisotopic (exact) mass is 415 g/mol. The molecule has 0 saturated heterocycles. The number of aromatic nitrogens is 1. The van der Waals surface area contributed by atoms with Gasteiger partial charge in [0.25, 0.3) is 0 Å². The zero-order valence-corrected chi connectivity index (χ0v) is 17.1. The van der Waals surface area contributed by atoms with Gasteiger partial charge in [0, 0.05) is 16.6 Å². The predicted octanol–water partition coefficient (Wildman–Crippen LogP) is 5.07. The summed E-state index contributed by atoms with van der Waals surface area (Å²) in [7, 11) is 1.30. The first-order valence-electron chi connectivity index (χ1n) is 7.68. The van der Waals surface area contributed by atoms with Crippen LogP contribution in [0.25, 0.3) is 0 Å². The third-order valence-electron chi connectivity index (χ3n) is 3.47. The van der Waals surface area contributed by atoms with Crippen molar-refractivity contribution < 1.29 is 14.3 Å². The average Bonchev–Trinajstić information content (AvgIpc) is 3.03. The number of carbonyl (C=O) groups excluding carboxylic acids is 2. The summed E-state index contributed by atoms with van der Waals surface area (Å²) in [4.78, 5) is 30.2. The van der Waals surface area contributed by atoms with Crippen LogP contribution < -0.4 is 5.32 Å². The number of thiazole rings is 1. The molecular formula is C17H19Cl2N3O3S. The lowest BCUT2D eigenvalue weighted by Gasteiger charge is -2.35. The molecule has 2 rings (SSSR count). The Bertz CT molecular complexity index is 818. The highest BCUT2D eigenvalue weighted by molar-refractivity contribution is 7.09. The van der Waals surface area contributed by atoms with Gasteiger partial charge in [0.05, 0.1) is 23.7 Å². The Hall–Kier alpha value is -1.83. The Labute approximate surface area is 166 Å². The molecule has 1 N–H and O–H groups in total. The van der Waals surface area contributed by atoms with E-state index in [1.807, 2.05) is 20.8 Å². The van der Waals surface area contributed by atoms with Crippen LogP contribution in [0.1, 0.15) is 36.3 Å². The van der Waals surface area contributed by atoms with Crippen molar-refractivity contribution in [3.63, 3.8) is 0 Å². The van der Waals surface area contributed by atoms with Crippen molar-refractivity contribution in [3.05, 3.63) is 44.3 Å². The fraction of sp³-hybridized carbons (Fsp3) is 0.353. The summed E-state index contributed by atoms with van der Waals surface area (Å²) in [6.07, 6.45) is 0. The van der Waals surface area contributed by atoms with E-state index in [1.165, 1.54) is 18.4 Å². The number of nitrogens with zero attached hydrogens (tertiary/aromatic N) is 2. The van der Waals surface area contributed by atoms with Crippen molar-refractivity contribution in [2.45, 2.75) is 32.9 Å². The number of urea groups is 1. The van der Waals surface area contributed by atoms with Gasteiger partial charge in [-0.1, -0.05) is 23.2 Å². The number of benzene rings is 1. The summed E-state index contributed by atoms with van der Waals surface area (Å²) in [6, 6.07) is 4.56. The molecule has 0 aliphatic rings. The standard InChI is InChI=1S/C17H19Cl2N3O3S/c1-17(2,3)22(8-14-21-13(9-26-14)15(23)25-4)16(24)20-10-5-6-11(18)12(19)7-10/h5-7,9H,8H2,1-4H3,(H,20,24). The van der Waals surface area contributed by atoms with Gasteiger partial charge in [-0.25, -0.2) is 14.6 Å². The van der Waals surface area contributed by atoms with Gasteiger partial charge in [-0.05, 0) is 39.0 Å². The highest BCUT2D eigenvalue weighted by atomic mass is 35.5. The van der Waals surface area contributed by atoms with Crippen LogP contribution in [0.4, 0.5) is 10.5 Å². The molecule has 0 aliphatic heterocycles. The number of hydrogen-bond donors (Lipinski definition) is 1. The van der Waals surface area contributed by atoms with E-state index in [1.54, 1.807) is 28.5 Å². The maximum Gasteiger partial charge on any atom is 0.357 e. The number of carbonyl (C=O) groups is 2. The minimum atomic E-state index is -0.505. The number of amides is 2. The first-order chi connectivity index (χ1) is 12.1. The molecule has 0 saturated carbocycles. The van der Waals surface area contributed by atoms with Crippen LogP contribution in [0.2, 0.25) is 10.0 Å². The van der Waals surface area contributed by atoms with Gasteiger partial charge >= 0.3 is 12.0 Å². The third kappa shape index (κ3) is 5.09. The number of nitrogens with one attached hydrogen (secondary N) is 1. The summed E-state index contributed by atoms with van der Waals surface area (Å²) in [5, 5.41) is 5.81. The van der Waals surface area contributed by atoms with Crippen LogP contribution in [0.5, 0.6) is 0 Å². The Kier molecular flexibility index (Phi) is 6.49. The van der Waals surface area contributed by atoms with Gasteiger partial charge in [-0.15, -0.1) is 11.3 Å². The Morgan fingerprint density at radius 3 is 2.54 bits per heavy atom. The van der Waals surface area contributed by atoms with E-state index in [0.29, 0.717) is 20.7 Å². The summed E-state index contributed by atoms with van der Waals surface area (Å²) in [6.45, 7) is 5.99. The molecule has 0 fully saturated rings. The molecule has 26 heavy (non-hydrogen) atoms. The molecular weight excluding hydrogens is 397 g/mol. The quantitative estimate of drug-likeness (QED) is 0.707. The van der Waals surface area contributed by atoms with E-state index in [2.05, 4.69) is 15.0 Å². The van der Waals surface area contributed by atoms with Crippen molar-refractivity contribution >= 4 is 52.2 Å². The molecule has 2 aromatic rings. The van der Waals surface area contributed by atoms with Gasteiger partial charge in [0.2, 0.25) is 0 Å². The van der Waals surface area contributed by atoms with Gasteiger partial charge in [0.1, 0.15) is 5.01 Å². The topological polar surface area (TPSA) is 71.5 Å². The number of esters is 1. The minimum absolute atomic E-state index is 0.228. The van der Waals surface area contributed by atoms with E-state index in [4.69, 9.17) is 23.2 Å². The second-order valence-corrected chi connectivity index (χ2v) is 8.19. The van der Waals surface area contributed by atoms with Gasteiger partial charge < -0.3 is 15.0 Å². The van der Waals surface area contributed by atoms with Crippen molar-refractivity contribution in [1.29, 1.82) is 0 Å². The SMILES string of the molecule is COC(=O)c1csc(CN(C(=O)Nc2ccc(Cl)c(Cl)c2)C(C)(C)C)n1. The highest BCUT2D eigenvalue weighted by Crippen LogP contribution is 2.26. The first kappa shape index (κ1) is 20.5. The fourth-order valence-electron chi connectivity index (χ4n) is 2.10. The predicted molar refractivity (Wildman–Crippen MR) is 104 cm³/mol. The van der Waals surface area contributed by atoms with Gasteiger partial charge in [0.15, 0.2) is 5.69 Å². The Balaban J connectivity index is 2.18. The lowest BCUT2D eigenvalue weighted by atomic mass is 10.1. The van der Waals surface area contributed by atoms with Crippen LogP contribution in [0.15, 0.2) is 23.6 Å². The first-order valence-corrected chi connectivity index (χ1v) is 9.31. The van der Waals surface area contributed by atoms with E-state index < -0.39 is 11.5 Å². The number of halogens is 2. The second-order valence-electron chi connectivity index (χ2n) is 6.43. The molecule has 0 spiro atoms. The molecule has 2 amide bonds. The smallest absolute Gasteiger partial charge is 0.357 e. The molecule has 9 heteroatoms. The van der Waals surface area contributed by atoms with E-state index in [9.17, 15) is 9.59 Å². The minimum Gasteiger partial charge on any atom is -0.464 e. The summed E-state index contributed by atoms with van der Waals surface area (Å²) >= 11 is 13.2. The molecule has 0 unspecified atom stereocenters. The van der Waals surface area contributed by atoms with Crippen molar-refractivity contribution in [3.8, 4) is 0 Å². The molecule has 1 heterocycles. The second kappa shape index (κ2) is 8.24. The van der Waals surface area contributed by atoms with E-state index in [-0.39, 0.29) is 18.3 Å². The summed E-state index contributed by atoms with van der Waals surface area (Å²) in [5.41, 5.74) is 0.288. The zero-order valence-electron chi connectivity index (χ0n) is 14.8. The van der Waals surface area contributed by atoms with Gasteiger partial charge in [-0.2, -0.15) is 0 Å². The van der Waals surface area contributed by atoms with Crippen molar-refractivity contribution in [1.82, 2.24) is 9.88 Å². The molecule has 0 aliphatic carbocycles. The van der Waals surface area contributed by atoms with Crippen LogP contribution in [-0.4, -0.2) is 34.5 Å². The van der Waals surface area contributed by atoms with E-state index in [0.717, 1.165) is 0 Å². The lowest BCUT2D eigenvalue weighted by Crippen LogP contribution is -2.47. The molecule has 0 atom stereocenters. The Morgan fingerprint density at radius 2 is 1.96 bits per heavy atom. The van der Waals surface area contributed by atoms with Crippen LogP contribution in [0.3, 0.4) is 0 Å². The molecule has 1 aromatic heterocycles. The number of methoxy groups -OCH3 is 1. The third-order valence-corrected chi connectivity index (χ3v) is 5.04. The molecule has 6 nitrogen and oxygen atoms in total. The highest BCUT2D eigenvalue weighted by Gasteiger charge is 2.28. The largest absolute Gasteiger partial charge is 0.464 e. The lowest BCUT2D eigenvalue weighted by molar-refractivity contribution is 0.0594. The van der Waals surface area contributed by atoms with Crippen LogP contribution >= 0.6 is 34.5 Å². The average molecular weight is 416 g/mol. The number of hydrogen-bond acceptors (Lipinski definition) is 5. The molecule has 0 radical (unpaired) electrons. The molecule has 1 aromatic carbocycles. The zero-order chi connectivity index (χ0) is 19.5. The normalized spacial score (nSPS) is 11.2. The molecule has 140 valence electrons. The van der Waals surface area contributed by atoms with Crippen molar-refractivity contribution in [2.24, 2.45) is 0 Å². The maximum atomic E-state index is 12.8. The fourth-order valence-corrected chi connectivity index (χ4v) is 3.14. The number of ether oxygens (including phenoxy) is 1. The summed E-state index contributed by atoms with van der Waals surface area (Å²) < 4.78 is 4.66. The van der Waals surface area contributed by atoms with Crippen LogP contribution in [0, 0.1) is 0 Å². The van der Waals surface area contributed by atoms with Gasteiger partial charge in [-0.3, -0.25) is 0 Å². The van der Waals surface area contributed by atoms with Crippen molar-refractivity contribution in [2.75, 3.05) is 12.4 Å². The number of anilines is 1. The van der Waals surface area contributed by atoms with E-state index >= 15 is 0 Å². The maximum absolute atomic E-state index is 12.8. The Morgan fingerprint density at radius 1 is 1.27 bits per heavy atom. The van der Waals surface area contributed by atoms with Crippen LogP contribution in [-0.2, 0) is 11.3 Å². The molecule has 0 bridgehead atoms. The number of rotatable bonds is 4. The summed E-state index contributed by atoms with van der Waals surface area (Å²) in [5.74, 6) is -0.505.